The Hall–Kier alpha value is -1.89. The molecular weight excluding hydrogens is 262 g/mol. The molecular formula is C12H13N5OS. The topological polar surface area (TPSA) is 69.6 Å². The van der Waals surface area contributed by atoms with Crippen molar-refractivity contribution in [2.45, 2.75) is 30.8 Å². The van der Waals surface area contributed by atoms with E-state index in [0.29, 0.717) is 11.6 Å². The number of aromatic nitrogens is 5. The Kier molecular flexibility index (Phi) is 3.20. The number of fused-ring (bicyclic) bond motifs is 1. The maximum absolute atomic E-state index is 5.66. The Balaban J connectivity index is 1.76. The van der Waals surface area contributed by atoms with Crippen LogP contribution in [-0.2, 0) is 5.75 Å². The average Bonchev–Trinajstić information content (AvgIpc) is 3.02. The summed E-state index contributed by atoms with van der Waals surface area (Å²) in [5.74, 6) is 1.30. The molecule has 0 unspecified atom stereocenters. The van der Waals surface area contributed by atoms with Gasteiger partial charge in [0, 0.05) is 0 Å². The van der Waals surface area contributed by atoms with E-state index in [1.54, 1.807) is 4.68 Å². The molecule has 0 saturated heterocycles. The maximum atomic E-state index is 5.66. The zero-order chi connectivity index (χ0) is 13.2. The molecule has 0 aliphatic rings. The summed E-state index contributed by atoms with van der Waals surface area (Å²) in [4.78, 5) is 4.42. The van der Waals surface area contributed by atoms with Crippen molar-refractivity contribution < 1.29 is 4.42 Å². The van der Waals surface area contributed by atoms with Crippen molar-refractivity contribution in [3.05, 3.63) is 30.2 Å². The van der Waals surface area contributed by atoms with Gasteiger partial charge < -0.3 is 4.42 Å². The standard InChI is InChI=1S/C12H13N5OS/c1-8(2)17-12(14-15-16-17)19-7-11-13-9-5-3-4-6-10(9)18-11/h3-6,8H,7H2,1-2H3. The van der Waals surface area contributed by atoms with Crippen molar-refractivity contribution in [2.24, 2.45) is 0 Å². The fraction of sp³-hybridized carbons (Fsp3) is 0.333. The number of nitrogens with zero attached hydrogens (tertiary/aromatic N) is 5. The van der Waals surface area contributed by atoms with E-state index in [-0.39, 0.29) is 6.04 Å². The molecule has 0 bridgehead atoms. The molecule has 6 nitrogen and oxygen atoms in total. The molecule has 0 fully saturated rings. The number of para-hydroxylation sites is 2. The molecule has 2 heterocycles. The molecule has 3 aromatic rings. The smallest absolute Gasteiger partial charge is 0.210 e. The van der Waals surface area contributed by atoms with Crippen LogP contribution in [0.4, 0.5) is 0 Å². The summed E-state index contributed by atoms with van der Waals surface area (Å²) in [5.41, 5.74) is 1.68. The molecule has 19 heavy (non-hydrogen) atoms. The van der Waals surface area contributed by atoms with Crippen LogP contribution in [0.3, 0.4) is 0 Å². The van der Waals surface area contributed by atoms with Gasteiger partial charge >= 0.3 is 0 Å². The number of hydrogen-bond donors (Lipinski definition) is 0. The fourth-order valence-corrected chi connectivity index (χ4v) is 2.56. The highest BCUT2D eigenvalue weighted by Gasteiger charge is 2.12. The minimum absolute atomic E-state index is 0.237. The number of oxazole rings is 1. The van der Waals surface area contributed by atoms with E-state index in [9.17, 15) is 0 Å². The quantitative estimate of drug-likeness (QED) is 0.682. The van der Waals surface area contributed by atoms with E-state index in [1.807, 2.05) is 38.1 Å². The SMILES string of the molecule is CC(C)n1nnnc1SCc1nc2ccccc2o1. The molecule has 0 atom stereocenters. The molecule has 98 valence electrons. The van der Waals surface area contributed by atoms with Gasteiger partial charge in [0.05, 0.1) is 11.8 Å². The van der Waals surface area contributed by atoms with Gasteiger partial charge in [0.2, 0.25) is 11.0 Å². The third-order valence-electron chi connectivity index (χ3n) is 2.61. The summed E-state index contributed by atoms with van der Waals surface area (Å²) >= 11 is 1.52. The molecule has 1 aromatic carbocycles. The molecule has 0 aliphatic heterocycles. The van der Waals surface area contributed by atoms with E-state index in [0.717, 1.165) is 16.3 Å². The highest BCUT2D eigenvalue weighted by molar-refractivity contribution is 7.98. The van der Waals surface area contributed by atoms with Gasteiger partial charge in [0.1, 0.15) is 5.52 Å². The Labute approximate surface area is 114 Å². The minimum Gasteiger partial charge on any atom is -0.440 e. The molecule has 0 radical (unpaired) electrons. The average molecular weight is 275 g/mol. The normalized spacial score (nSPS) is 11.5. The number of benzene rings is 1. The second-order valence-electron chi connectivity index (χ2n) is 4.36. The van der Waals surface area contributed by atoms with Gasteiger partial charge in [-0.1, -0.05) is 23.9 Å². The van der Waals surface area contributed by atoms with E-state index < -0.39 is 0 Å². The lowest BCUT2D eigenvalue weighted by Gasteiger charge is -2.05. The summed E-state index contributed by atoms with van der Waals surface area (Å²) in [6.45, 7) is 4.08. The third-order valence-corrected chi connectivity index (χ3v) is 3.53. The highest BCUT2D eigenvalue weighted by atomic mass is 32.2. The van der Waals surface area contributed by atoms with Crippen LogP contribution in [0.1, 0.15) is 25.8 Å². The lowest BCUT2D eigenvalue weighted by atomic mass is 10.3. The summed E-state index contributed by atoms with van der Waals surface area (Å²) < 4.78 is 7.44. The van der Waals surface area contributed by atoms with Crippen LogP contribution in [-0.4, -0.2) is 25.2 Å². The first-order chi connectivity index (χ1) is 9.24. The largest absolute Gasteiger partial charge is 0.440 e. The van der Waals surface area contributed by atoms with Gasteiger partial charge in [0.25, 0.3) is 0 Å². The predicted octanol–water partition coefficient (Wildman–Crippen LogP) is 2.69. The summed E-state index contributed by atoms with van der Waals surface area (Å²) in [7, 11) is 0. The van der Waals surface area contributed by atoms with Crippen LogP contribution in [0.15, 0.2) is 33.8 Å². The first-order valence-electron chi connectivity index (χ1n) is 5.99. The Morgan fingerprint density at radius 3 is 2.95 bits per heavy atom. The molecule has 0 saturated carbocycles. The number of tetrazole rings is 1. The van der Waals surface area contributed by atoms with Gasteiger partial charge in [-0.25, -0.2) is 9.67 Å². The van der Waals surface area contributed by atoms with Crippen LogP contribution >= 0.6 is 11.8 Å². The number of rotatable bonds is 4. The Morgan fingerprint density at radius 1 is 1.32 bits per heavy atom. The van der Waals surface area contributed by atoms with Crippen LogP contribution in [0.5, 0.6) is 0 Å². The van der Waals surface area contributed by atoms with Crippen molar-refractivity contribution >= 4 is 22.9 Å². The van der Waals surface area contributed by atoms with Crippen molar-refractivity contribution in [1.82, 2.24) is 25.2 Å². The van der Waals surface area contributed by atoms with Crippen LogP contribution in [0.25, 0.3) is 11.1 Å². The summed E-state index contributed by atoms with van der Waals surface area (Å²) in [6.07, 6.45) is 0. The van der Waals surface area contributed by atoms with Crippen LogP contribution in [0, 0.1) is 0 Å². The fourth-order valence-electron chi connectivity index (χ4n) is 1.71. The molecule has 2 aromatic heterocycles. The van der Waals surface area contributed by atoms with Crippen molar-refractivity contribution in [1.29, 1.82) is 0 Å². The van der Waals surface area contributed by atoms with Gasteiger partial charge in [-0.2, -0.15) is 0 Å². The molecule has 0 aliphatic carbocycles. The number of hydrogen-bond acceptors (Lipinski definition) is 6. The summed E-state index contributed by atoms with van der Waals surface area (Å²) in [5, 5.41) is 12.4. The Morgan fingerprint density at radius 2 is 2.16 bits per heavy atom. The zero-order valence-corrected chi connectivity index (χ0v) is 11.5. The van der Waals surface area contributed by atoms with E-state index in [2.05, 4.69) is 20.5 Å². The van der Waals surface area contributed by atoms with E-state index >= 15 is 0 Å². The second kappa shape index (κ2) is 5.00. The van der Waals surface area contributed by atoms with E-state index in [4.69, 9.17) is 4.42 Å². The molecule has 0 N–H and O–H groups in total. The molecule has 7 heteroatoms. The molecule has 0 spiro atoms. The summed E-state index contributed by atoms with van der Waals surface area (Å²) in [6, 6.07) is 7.96. The third kappa shape index (κ3) is 2.46. The van der Waals surface area contributed by atoms with Gasteiger partial charge in [-0.15, -0.1) is 5.10 Å². The zero-order valence-electron chi connectivity index (χ0n) is 10.6. The minimum atomic E-state index is 0.237. The lowest BCUT2D eigenvalue weighted by molar-refractivity contribution is 0.476. The van der Waals surface area contributed by atoms with Crippen LogP contribution < -0.4 is 0 Å². The predicted molar refractivity (Wildman–Crippen MR) is 71.8 cm³/mol. The van der Waals surface area contributed by atoms with Gasteiger partial charge in [-0.05, 0) is 36.4 Å². The van der Waals surface area contributed by atoms with Crippen molar-refractivity contribution in [3.63, 3.8) is 0 Å². The van der Waals surface area contributed by atoms with Crippen molar-refractivity contribution in [3.8, 4) is 0 Å². The number of thioether (sulfide) groups is 1. The highest BCUT2D eigenvalue weighted by Crippen LogP contribution is 2.24. The lowest BCUT2D eigenvalue weighted by Crippen LogP contribution is -2.04. The van der Waals surface area contributed by atoms with Gasteiger partial charge in [0.15, 0.2) is 5.58 Å². The molecule has 3 rings (SSSR count). The van der Waals surface area contributed by atoms with Gasteiger partial charge in [-0.3, -0.25) is 0 Å². The molecule has 0 amide bonds. The first kappa shape index (κ1) is 12.2. The maximum Gasteiger partial charge on any atom is 0.210 e. The Bertz CT molecular complexity index is 657. The van der Waals surface area contributed by atoms with E-state index in [1.165, 1.54) is 11.8 Å². The monoisotopic (exact) mass is 275 g/mol. The second-order valence-corrected chi connectivity index (χ2v) is 5.31. The first-order valence-corrected chi connectivity index (χ1v) is 6.97. The van der Waals surface area contributed by atoms with Crippen LogP contribution in [0.2, 0.25) is 0 Å². The van der Waals surface area contributed by atoms with Crippen molar-refractivity contribution in [2.75, 3.05) is 0 Å².